The fourth-order valence-corrected chi connectivity index (χ4v) is 5.09. The largest absolute Gasteiger partial charge is 0.490 e. The van der Waals surface area contributed by atoms with Crippen molar-refractivity contribution in [1.29, 1.82) is 0 Å². The number of carbonyl (C=O) groups excluding carboxylic acids is 2. The number of benzene rings is 3. The summed E-state index contributed by atoms with van der Waals surface area (Å²) in [6.45, 7) is 6.94. The third kappa shape index (κ3) is 5.39. The summed E-state index contributed by atoms with van der Waals surface area (Å²) in [5.74, 6) is 0.0720. The molecular formula is C32H30ClNO7. The van der Waals surface area contributed by atoms with Crippen LogP contribution in [0.15, 0.2) is 69.9 Å². The van der Waals surface area contributed by atoms with Gasteiger partial charge in [-0.2, -0.15) is 0 Å². The third-order valence-corrected chi connectivity index (χ3v) is 7.06. The predicted molar refractivity (Wildman–Crippen MR) is 157 cm³/mol. The molecule has 9 heteroatoms. The highest BCUT2D eigenvalue weighted by atomic mass is 35.5. The summed E-state index contributed by atoms with van der Waals surface area (Å²) < 4.78 is 22.9. The van der Waals surface area contributed by atoms with E-state index >= 15 is 0 Å². The van der Waals surface area contributed by atoms with Crippen molar-refractivity contribution in [1.82, 2.24) is 0 Å². The van der Waals surface area contributed by atoms with Gasteiger partial charge in [-0.1, -0.05) is 31.0 Å². The molecule has 5 rings (SSSR count). The summed E-state index contributed by atoms with van der Waals surface area (Å²) in [6.07, 6.45) is 1.69. The molecule has 0 saturated carbocycles. The Hall–Kier alpha value is -4.30. The van der Waals surface area contributed by atoms with Crippen molar-refractivity contribution in [2.45, 2.75) is 39.7 Å². The molecule has 0 N–H and O–H groups in total. The van der Waals surface area contributed by atoms with Crippen LogP contribution >= 0.6 is 11.6 Å². The lowest BCUT2D eigenvalue weighted by Crippen LogP contribution is -2.29. The zero-order chi connectivity index (χ0) is 29.1. The lowest BCUT2D eigenvalue weighted by molar-refractivity contribution is 0.0499. The maximum absolute atomic E-state index is 13.9. The smallest absolute Gasteiger partial charge is 0.338 e. The minimum Gasteiger partial charge on any atom is -0.490 e. The molecule has 8 nitrogen and oxygen atoms in total. The van der Waals surface area contributed by atoms with Gasteiger partial charge in [-0.3, -0.25) is 14.5 Å². The molecule has 1 aromatic heterocycles. The van der Waals surface area contributed by atoms with Crippen molar-refractivity contribution in [3.05, 3.63) is 98.4 Å². The number of ether oxygens (including phenoxy) is 3. The Morgan fingerprint density at radius 2 is 1.66 bits per heavy atom. The maximum atomic E-state index is 13.9. The van der Waals surface area contributed by atoms with E-state index in [1.165, 1.54) is 11.0 Å². The quantitative estimate of drug-likeness (QED) is 0.149. The van der Waals surface area contributed by atoms with Crippen LogP contribution in [0.25, 0.3) is 11.0 Å². The Kier molecular flexibility index (Phi) is 8.31. The zero-order valence-electron chi connectivity index (χ0n) is 23.1. The molecule has 212 valence electrons. The second kappa shape index (κ2) is 12.1. The second-order valence-electron chi connectivity index (χ2n) is 9.50. The van der Waals surface area contributed by atoms with E-state index < -0.39 is 17.9 Å². The van der Waals surface area contributed by atoms with Crippen LogP contribution in [0.5, 0.6) is 11.5 Å². The van der Waals surface area contributed by atoms with Gasteiger partial charge in [0.2, 0.25) is 5.76 Å². The first-order valence-corrected chi connectivity index (χ1v) is 14.0. The molecule has 41 heavy (non-hydrogen) atoms. The summed E-state index contributed by atoms with van der Waals surface area (Å²) in [4.78, 5) is 41.8. The average Bonchev–Trinajstić information content (AvgIpc) is 3.27. The first kappa shape index (κ1) is 28.2. The van der Waals surface area contributed by atoms with Crippen molar-refractivity contribution >= 4 is 40.1 Å². The van der Waals surface area contributed by atoms with E-state index in [9.17, 15) is 14.4 Å². The monoisotopic (exact) mass is 575 g/mol. The van der Waals surface area contributed by atoms with Crippen LogP contribution in [-0.4, -0.2) is 31.7 Å². The van der Waals surface area contributed by atoms with Crippen molar-refractivity contribution in [3.63, 3.8) is 0 Å². The molecule has 1 aliphatic heterocycles. The van der Waals surface area contributed by atoms with Crippen LogP contribution in [-0.2, 0) is 4.74 Å². The minimum absolute atomic E-state index is 0.0512. The fourth-order valence-electron chi connectivity index (χ4n) is 4.92. The number of anilines is 1. The number of carbonyl (C=O) groups is 2. The van der Waals surface area contributed by atoms with Gasteiger partial charge in [0.25, 0.3) is 5.91 Å². The first-order chi connectivity index (χ1) is 19.9. The Morgan fingerprint density at radius 3 is 2.37 bits per heavy atom. The van der Waals surface area contributed by atoms with Crippen LogP contribution < -0.4 is 19.8 Å². The SMILES string of the molecule is CCCCOC(=O)c1ccc(N2C(=O)c3oc4ccc(Cl)cc4c(=O)c3C2c2ccc(OCC)c(OCC)c2)cc1. The molecule has 0 spiro atoms. The van der Waals surface area contributed by atoms with Gasteiger partial charge in [-0.15, -0.1) is 0 Å². The molecular weight excluding hydrogens is 546 g/mol. The van der Waals surface area contributed by atoms with Gasteiger partial charge in [0.05, 0.1) is 42.4 Å². The highest BCUT2D eigenvalue weighted by molar-refractivity contribution is 6.31. The number of amides is 1. The van der Waals surface area contributed by atoms with Crippen LogP contribution in [0, 0.1) is 0 Å². The van der Waals surface area contributed by atoms with Crippen molar-refractivity contribution < 1.29 is 28.2 Å². The normalized spacial score (nSPS) is 14.3. The topological polar surface area (TPSA) is 95.3 Å². The van der Waals surface area contributed by atoms with Crippen molar-refractivity contribution in [2.75, 3.05) is 24.7 Å². The molecule has 3 aromatic carbocycles. The van der Waals surface area contributed by atoms with Gasteiger partial charge in [-0.05, 0) is 80.4 Å². The molecule has 1 amide bonds. The van der Waals surface area contributed by atoms with Gasteiger partial charge in [0, 0.05) is 10.7 Å². The summed E-state index contributed by atoms with van der Waals surface area (Å²) >= 11 is 6.21. The molecule has 0 fully saturated rings. The summed E-state index contributed by atoms with van der Waals surface area (Å²) in [5, 5.41) is 0.653. The zero-order valence-corrected chi connectivity index (χ0v) is 23.8. The number of unbranched alkanes of at least 4 members (excludes halogenated alkanes) is 1. The maximum Gasteiger partial charge on any atom is 0.338 e. The first-order valence-electron chi connectivity index (χ1n) is 13.6. The molecule has 1 atom stereocenters. The molecule has 1 unspecified atom stereocenters. The third-order valence-electron chi connectivity index (χ3n) is 6.83. The lowest BCUT2D eigenvalue weighted by Gasteiger charge is -2.26. The minimum atomic E-state index is -0.839. The lowest BCUT2D eigenvalue weighted by atomic mass is 9.97. The molecule has 0 saturated heterocycles. The number of halogens is 1. The Morgan fingerprint density at radius 1 is 0.927 bits per heavy atom. The van der Waals surface area contributed by atoms with E-state index in [2.05, 4.69) is 0 Å². The Labute approximate surface area is 242 Å². The van der Waals surface area contributed by atoms with Crippen LogP contribution in [0.3, 0.4) is 0 Å². The Balaban J connectivity index is 1.65. The van der Waals surface area contributed by atoms with Gasteiger partial charge in [0.1, 0.15) is 5.58 Å². The predicted octanol–water partition coefficient (Wildman–Crippen LogP) is 6.95. The number of esters is 1. The number of hydrogen-bond acceptors (Lipinski definition) is 7. The molecule has 1 aliphatic rings. The van der Waals surface area contributed by atoms with E-state index in [1.54, 1.807) is 54.6 Å². The van der Waals surface area contributed by atoms with Crippen LogP contribution in [0.1, 0.15) is 71.7 Å². The van der Waals surface area contributed by atoms with Gasteiger partial charge in [-0.25, -0.2) is 4.79 Å². The second-order valence-corrected chi connectivity index (χ2v) is 9.94. The summed E-state index contributed by atoms with van der Waals surface area (Å²) in [6, 6.07) is 15.7. The van der Waals surface area contributed by atoms with E-state index in [4.69, 9.17) is 30.2 Å². The number of hydrogen-bond donors (Lipinski definition) is 0. The van der Waals surface area contributed by atoms with Crippen LogP contribution in [0.2, 0.25) is 5.02 Å². The summed E-state index contributed by atoms with van der Waals surface area (Å²) in [5.41, 5.74) is 1.57. The van der Waals surface area contributed by atoms with E-state index in [-0.39, 0.29) is 27.7 Å². The molecule has 4 aromatic rings. The van der Waals surface area contributed by atoms with Gasteiger partial charge < -0.3 is 18.6 Å². The highest BCUT2D eigenvalue weighted by Gasteiger charge is 2.44. The molecule has 2 heterocycles. The average molecular weight is 576 g/mol. The molecule has 0 aliphatic carbocycles. The number of rotatable bonds is 10. The van der Waals surface area contributed by atoms with Gasteiger partial charge >= 0.3 is 5.97 Å². The van der Waals surface area contributed by atoms with Crippen LogP contribution in [0.4, 0.5) is 5.69 Å². The Bertz CT molecular complexity index is 1660. The standard InChI is InChI=1S/C32H30ClNO7/c1-4-7-16-40-32(37)19-8-12-22(13-9-19)34-28(20-10-14-25(38-5-2)26(17-20)39-6-3)27-29(35)23-18-21(33)11-15-24(23)41-30(27)31(34)36/h8-15,17-18,28H,4-7,16H2,1-3H3. The summed E-state index contributed by atoms with van der Waals surface area (Å²) in [7, 11) is 0. The van der Waals surface area contributed by atoms with E-state index in [0.717, 1.165) is 12.8 Å². The highest BCUT2D eigenvalue weighted by Crippen LogP contribution is 2.43. The molecule has 0 bridgehead atoms. The van der Waals surface area contributed by atoms with Gasteiger partial charge in [0.15, 0.2) is 16.9 Å². The molecule has 0 radical (unpaired) electrons. The van der Waals surface area contributed by atoms with E-state index in [1.807, 2.05) is 20.8 Å². The van der Waals surface area contributed by atoms with Crippen molar-refractivity contribution in [2.24, 2.45) is 0 Å². The number of nitrogens with zero attached hydrogens (tertiary/aromatic N) is 1. The number of fused-ring (bicyclic) bond motifs is 2. The van der Waals surface area contributed by atoms with E-state index in [0.29, 0.717) is 53.2 Å². The fraction of sp³-hybridized carbons (Fsp3) is 0.281. The van der Waals surface area contributed by atoms with Crippen molar-refractivity contribution in [3.8, 4) is 11.5 Å².